The summed E-state index contributed by atoms with van der Waals surface area (Å²) >= 11 is 0. The highest BCUT2D eigenvalue weighted by Crippen LogP contribution is 2.42. The van der Waals surface area contributed by atoms with Crippen molar-refractivity contribution in [1.29, 1.82) is 0 Å². The fourth-order valence-electron chi connectivity index (χ4n) is 2.50. The fourth-order valence-corrected chi connectivity index (χ4v) is 2.50. The molecule has 3 nitrogen and oxygen atoms in total. The minimum Gasteiger partial charge on any atom is -0.396 e. The molecule has 1 fully saturated rings. The monoisotopic (exact) mass is 244 g/mol. The number of aliphatic hydroxyl groups excluding tert-OH is 1. The third-order valence-electron chi connectivity index (χ3n) is 4.03. The molecule has 0 radical (unpaired) electrons. The molecule has 1 N–H and O–H groups in total. The van der Waals surface area contributed by atoms with Crippen LogP contribution in [0.1, 0.15) is 66.2 Å². The van der Waals surface area contributed by atoms with E-state index in [1.807, 2.05) is 13.8 Å². The van der Waals surface area contributed by atoms with E-state index in [-0.39, 0.29) is 23.7 Å². The molecule has 0 spiro atoms. The van der Waals surface area contributed by atoms with Crippen LogP contribution in [0.3, 0.4) is 0 Å². The van der Waals surface area contributed by atoms with Crippen molar-refractivity contribution in [3.8, 4) is 0 Å². The Bertz CT molecular complexity index is 232. The first kappa shape index (κ1) is 14.9. The van der Waals surface area contributed by atoms with E-state index in [1.165, 1.54) is 25.7 Å². The third-order valence-corrected chi connectivity index (χ3v) is 4.03. The lowest BCUT2D eigenvalue weighted by Crippen LogP contribution is -2.36. The van der Waals surface area contributed by atoms with Gasteiger partial charge in [0.1, 0.15) is 11.2 Å². The first-order chi connectivity index (χ1) is 7.96. The van der Waals surface area contributed by atoms with E-state index >= 15 is 0 Å². The summed E-state index contributed by atoms with van der Waals surface area (Å²) in [5, 5.41) is 9.24. The summed E-state index contributed by atoms with van der Waals surface area (Å²) in [5.74, 6) is 0.111. The molecular formula is C14H28O3. The van der Waals surface area contributed by atoms with Gasteiger partial charge in [-0.2, -0.15) is 0 Å². The predicted octanol–water partition coefficient (Wildman–Crippen LogP) is 3.45. The maximum Gasteiger partial charge on any atom is 0.108 e. The fraction of sp³-hybridized carbons (Fsp3) is 1.00. The van der Waals surface area contributed by atoms with Crippen molar-refractivity contribution in [2.45, 2.75) is 77.4 Å². The van der Waals surface area contributed by atoms with Crippen molar-refractivity contribution >= 4 is 0 Å². The number of unbranched alkanes of at least 4 members (excludes halogenated alkanes) is 3. The summed E-state index contributed by atoms with van der Waals surface area (Å²) in [7, 11) is 0. The van der Waals surface area contributed by atoms with Crippen LogP contribution in [-0.4, -0.2) is 22.9 Å². The molecular weight excluding hydrogens is 216 g/mol. The highest BCUT2D eigenvalue weighted by molar-refractivity contribution is 4.93. The Kier molecular flexibility index (Phi) is 5.42. The number of aliphatic hydroxyl groups is 1. The van der Waals surface area contributed by atoms with Gasteiger partial charge in [-0.1, -0.05) is 39.5 Å². The van der Waals surface area contributed by atoms with Gasteiger partial charge in [-0.05, 0) is 20.3 Å². The maximum atomic E-state index is 9.24. The van der Waals surface area contributed by atoms with Crippen molar-refractivity contribution in [2.24, 2.45) is 5.92 Å². The Morgan fingerprint density at radius 3 is 2.47 bits per heavy atom. The zero-order chi connectivity index (χ0) is 12.9. The minimum atomic E-state index is -0.339. The molecule has 1 saturated heterocycles. The van der Waals surface area contributed by atoms with Crippen molar-refractivity contribution < 1.29 is 14.9 Å². The Hall–Kier alpha value is -0.120. The number of hydrogen-bond donors (Lipinski definition) is 1. The lowest BCUT2D eigenvalue weighted by atomic mass is 9.80. The predicted molar refractivity (Wildman–Crippen MR) is 68.6 cm³/mol. The molecule has 3 unspecified atom stereocenters. The Labute approximate surface area is 105 Å². The molecule has 0 bridgehead atoms. The van der Waals surface area contributed by atoms with Gasteiger partial charge in [0.25, 0.3) is 0 Å². The molecule has 1 aliphatic heterocycles. The van der Waals surface area contributed by atoms with Crippen molar-refractivity contribution in [3.05, 3.63) is 0 Å². The van der Waals surface area contributed by atoms with Gasteiger partial charge in [0.2, 0.25) is 0 Å². The summed E-state index contributed by atoms with van der Waals surface area (Å²) < 4.78 is 0. The third kappa shape index (κ3) is 3.94. The van der Waals surface area contributed by atoms with E-state index < -0.39 is 0 Å². The standard InChI is InChI=1S/C14H28O3/c1-5-6-7-8-9-13(3)11-14(4,17-16-13)12(2)10-15/h12,15H,5-11H2,1-4H3. The van der Waals surface area contributed by atoms with Crippen molar-refractivity contribution in [1.82, 2.24) is 0 Å². The van der Waals surface area contributed by atoms with Crippen molar-refractivity contribution in [2.75, 3.05) is 6.61 Å². The highest BCUT2D eigenvalue weighted by atomic mass is 17.2. The van der Waals surface area contributed by atoms with Crippen molar-refractivity contribution in [3.63, 3.8) is 0 Å². The van der Waals surface area contributed by atoms with Gasteiger partial charge < -0.3 is 5.11 Å². The minimum absolute atomic E-state index is 0.111. The summed E-state index contributed by atoms with van der Waals surface area (Å²) in [5.41, 5.74) is -0.514. The van der Waals surface area contributed by atoms with Crippen LogP contribution in [0.2, 0.25) is 0 Å². The molecule has 1 aliphatic rings. The lowest BCUT2D eigenvalue weighted by molar-refractivity contribution is -0.353. The van der Waals surface area contributed by atoms with E-state index in [2.05, 4.69) is 13.8 Å². The zero-order valence-electron chi connectivity index (χ0n) is 11.8. The Balaban J connectivity index is 2.41. The zero-order valence-corrected chi connectivity index (χ0v) is 11.8. The normalized spacial score (nSPS) is 35.1. The summed E-state index contributed by atoms with van der Waals surface area (Å²) in [6.07, 6.45) is 6.92. The molecule has 0 aliphatic carbocycles. The van der Waals surface area contributed by atoms with E-state index in [1.54, 1.807) is 0 Å². The summed E-state index contributed by atoms with van der Waals surface area (Å²) in [4.78, 5) is 11.1. The van der Waals surface area contributed by atoms with Crippen LogP contribution in [0.15, 0.2) is 0 Å². The summed E-state index contributed by atoms with van der Waals surface area (Å²) in [6.45, 7) is 8.52. The topological polar surface area (TPSA) is 38.7 Å². The largest absolute Gasteiger partial charge is 0.396 e. The van der Waals surface area contributed by atoms with E-state index in [0.717, 1.165) is 12.8 Å². The van der Waals surface area contributed by atoms with Gasteiger partial charge in [-0.25, -0.2) is 9.78 Å². The SMILES string of the molecule is CCCCCCC1(C)CC(C)(C(C)CO)OO1. The van der Waals surface area contributed by atoms with Crippen LogP contribution >= 0.6 is 0 Å². The average Bonchev–Trinajstić information content (AvgIpc) is 2.62. The maximum absolute atomic E-state index is 9.24. The molecule has 0 aromatic rings. The van der Waals surface area contributed by atoms with Gasteiger partial charge >= 0.3 is 0 Å². The molecule has 0 aromatic heterocycles. The average molecular weight is 244 g/mol. The first-order valence-corrected chi connectivity index (χ1v) is 6.93. The first-order valence-electron chi connectivity index (χ1n) is 6.93. The van der Waals surface area contributed by atoms with E-state index in [4.69, 9.17) is 9.78 Å². The van der Waals surface area contributed by atoms with Crippen LogP contribution in [0.5, 0.6) is 0 Å². The Morgan fingerprint density at radius 2 is 1.88 bits per heavy atom. The van der Waals surface area contributed by atoms with E-state index in [9.17, 15) is 5.11 Å². The highest BCUT2D eigenvalue weighted by Gasteiger charge is 2.48. The second-order valence-corrected chi connectivity index (χ2v) is 6.00. The van der Waals surface area contributed by atoms with Crippen LogP contribution in [0.4, 0.5) is 0 Å². The molecule has 3 atom stereocenters. The second-order valence-electron chi connectivity index (χ2n) is 6.00. The van der Waals surface area contributed by atoms with Crippen LogP contribution < -0.4 is 0 Å². The molecule has 0 aromatic carbocycles. The van der Waals surface area contributed by atoms with E-state index in [0.29, 0.717) is 0 Å². The smallest absolute Gasteiger partial charge is 0.108 e. The number of rotatable bonds is 7. The second kappa shape index (κ2) is 6.17. The molecule has 0 saturated carbocycles. The van der Waals surface area contributed by atoms with Crippen LogP contribution in [0.25, 0.3) is 0 Å². The quantitative estimate of drug-likeness (QED) is 0.550. The number of hydrogen-bond acceptors (Lipinski definition) is 3. The molecule has 1 rings (SSSR count). The van der Waals surface area contributed by atoms with Gasteiger partial charge in [-0.15, -0.1) is 0 Å². The van der Waals surface area contributed by atoms with Crippen LogP contribution in [0, 0.1) is 5.92 Å². The van der Waals surface area contributed by atoms with Gasteiger partial charge in [-0.3, -0.25) is 0 Å². The van der Waals surface area contributed by atoms with Gasteiger partial charge in [0.15, 0.2) is 0 Å². The lowest BCUT2D eigenvalue weighted by Gasteiger charge is -2.27. The summed E-state index contributed by atoms with van der Waals surface area (Å²) in [6, 6.07) is 0. The Morgan fingerprint density at radius 1 is 1.18 bits per heavy atom. The van der Waals surface area contributed by atoms with Gasteiger partial charge in [0, 0.05) is 18.9 Å². The molecule has 0 amide bonds. The molecule has 3 heteroatoms. The molecule has 1 heterocycles. The molecule has 17 heavy (non-hydrogen) atoms. The molecule has 102 valence electrons. The van der Waals surface area contributed by atoms with Gasteiger partial charge in [0.05, 0.1) is 0 Å². The van der Waals surface area contributed by atoms with Crippen LogP contribution in [-0.2, 0) is 9.78 Å².